The zero-order valence-electron chi connectivity index (χ0n) is 14.9. The molecular formula is C20H15F2N3O3S. The van der Waals surface area contributed by atoms with Gasteiger partial charge in [0.25, 0.3) is 0 Å². The molecule has 0 spiro atoms. The van der Waals surface area contributed by atoms with Crippen molar-refractivity contribution in [2.45, 2.75) is 12.5 Å². The van der Waals surface area contributed by atoms with Gasteiger partial charge in [0, 0.05) is 23.3 Å². The molecule has 29 heavy (non-hydrogen) atoms. The van der Waals surface area contributed by atoms with Crippen molar-refractivity contribution in [3.8, 4) is 17.1 Å². The third-order valence-electron chi connectivity index (χ3n) is 4.48. The Labute approximate surface area is 168 Å². The van der Waals surface area contributed by atoms with Crippen LogP contribution in [0.25, 0.3) is 11.3 Å². The molecule has 1 aliphatic rings. The zero-order valence-corrected chi connectivity index (χ0v) is 15.7. The van der Waals surface area contributed by atoms with E-state index < -0.39 is 23.6 Å². The van der Waals surface area contributed by atoms with Gasteiger partial charge in [0.2, 0.25) is 5.88 Å². The molecule has 2 heterocycles. The van der Waals surface area contributed by atoms with E-state index in [-0.39, 0.29) is 22.5 Å². The summed E-state index contributed by atoms with van der Waals surface area (Å²) >= 11 is 1.15. The highest BCUT2D eigenvalue weighted by molar-refractivity contribution is 8.14. The molecule has 4 rings (SSSR count). The van der Waals surface area contributed by atoms with Crippen LogP contribution in [0.15, 0.2) is 53.5 Å². The van der Waals surface area contributed by atoms with E-state index in [0.29, 0.717) is 17.5 Å². The molecule has 2 aromatic carbocycles. The van der Waals surface area contributed by atoms with Gasteiger partial charge < -0.3 is 10.2 Å². The molecule has 3 aromatic rings. The van der Waals surface area contributed by atoms with Crippen molar-refractivity contribution in [3.05, 3.63) is 71.3 Å². The van der Waals surface area contributed by atoms with E-state index >= 15 is 0 Å². The minimum Gasteiger partial charge on any atom is -0.493 e. The van der Waals surface area contributed by atoms with Crippen LogP contribution in [0.1, 0.15) is 11.1 Å². The molecule has 1 unspecified atom stereocenters. The molecule has 1 aromatic heterocycles. The summed E-state index contributed by atoms with van der Waals surface area (Å²) in [5.41, 5.74) is 1.86. The maximum Gasteiger partial charge on any atom is 0.329 e. The Morgan fingerprint density at radius 2 is 1.93 bits per heavy atom. The molecular weight excluding hydrogens is 400 g/mol. The second kappa shape index (κ2) is 7.67. The second-order valence-corrected chi connectivity index (χ2v) is 7.42. The Hall–Kier alpha value is -3.20. The first-order valence-corrected chi connectivity index (χ1v) is 9.66. The van der Waals surface area contributed by atoms with Crippen LogP contribution < -0.4 is 0 Å². The Morgan fingerprint density at radius 3 is 2.59 bits per heavy atom. The van der Waals surface area contributed by atoms with Gasteiger partial charge in [-0.3, -0.25) is 0 Å². The van der Waals surface area contributed by atoms with Crippen molar-refractivity contribution < 1.29 is 23.8 Å². The maximum absolute atomic E-state index is 13.8. The van der Waals surface area contributed by atoms with Crippen LogP contribution in [0.2, 0.25) is 0 Å². The van der Waals surface area contributed by atoms with Crippen molar-refractivity contribution in [1.82, 2.24) is 9.78 Å². The van der Waals surface area contributed by atoms with Crippen LogP contribution in [0, 0.1) is 11.6 Å². The topological polar surface area (TPSA) is 87.7 Å². The monoisotopic (exact) mass is 415 g/mol. The van der Waals surface area contributed by atoms with Gasteiger partial charge in [-0.05, 0) is 23.8 Å². The van der Waals surface area contributed by atoms with Crippen LogP contribution in [0.4, 0.5) is 8.78 Å². The fourth-order valence-corrected chi connectivity index (χ4v) is 3.99. The summed E-state index contributed by atoms with van der Waals surface area (Å²) in [6.07, 6.45) is 0.293. The highest BCUT2D eigenvalue weighted by atomic mass is 32.2. The van der Waals surface area contributed by atoms with Crippen molar-refractivity contribution in [2.75, 3.05) is 5.75 Å². The number of nitrogens with zero attached hydrogens (tertiary/aromatic N) is 3. The molecule has 0 radical (unpaired) electrons. The van der Waals surface area contributed by atoms with Crippen LogP contribution in [0.5, 0.6) is 5.88 Å². The lowest BCUT2D eigenvalue weighted by molar-refractivity contribution is -0.137. The maximum atomic E-state index is 13.8. The smallest absolute Gasteiger partial charge is 0.329 e. The third kappa shape index (κ3) is 3.73. The number of carboxylic acids is 1. The van der Waals surface area contributed by atoms with Crippen LogP contribution in [-0.2, 0) is 11.2 Å². The number of halogens is 2. The third-order valence-corrected chi connectivity index (χ3v) is 5.49. The van der Waals surface area contributed by atoms with E-state index in [9.17, 15) is 18.7 Å². The summed E-state index contributed by atoms with van der Waals surface area (Å²) in [6, 6.07) is 11.8. The minimum atomic E-state index is -1.07. The first-order chi connectivity index (χ1) is 13.9. The summed E-state index contributed by atoms with van der Waals surface area (Å²) in [5.74, 6) is -3.07. The van der Waals surface area contributed by atoms with Crippen molar-refractivity contribution in [3.63, 3.8) is 0 Å². The summed E-state index contributed by atoms with van der Waals surface area (Å²) < 4.78 is 28.3. The predicted molar refractivity (Wildman–Crippen MR) is 105 cm³/mol. The Morgan fingerprint density at radius 1 is 1.17 bits per heavy atom. The number of hydrogen-bond donors (Lipinski definition) is 2. The number of benzene rings is 2. The quantitative estimate of drug-likeness (QED) is 0.681. The van der Waals surface area contributed by atoms with E-state index in [4.69, 9.17) is 5.11 Å². The van der Waals surface area contributed by atoms with Gasteiger partial charge >= 0.3 is 5.97 Å². The molecule has 148 valence electrons. The average molecular weight is 415 g/mol. The summed E-state index contributed by atoms with van der Waals surface area (Å²) in [4.78, 5) is 15.3. The number of aromatic nitrogens is 2. The highest BCUT2D eigenvalue weighted by Gasteiger charge is 2.29. The Balaban J connectivity index is 1.83. The summed E-state index contributed by atoms with van der Waals surface area (Å²) in [5, 5.41) is 24.6. The van der Waals surface area contributed by atoms with Gasteiger partial charge in [-0.2, -0.15) is 9.78 Å². The lowest BCUT2D eigenvalue weighted by Gasteiger charge is -2.04. The number of thioether (sulfide) groups is 1. The highest BCUT2D eigenvalue weighted by Crippen LogP contribution is 2.34. The number of carbonyl (C=O) groups is 1. The van der Waals surface area contributed by atoms with Gasteiger partial charge in [0.15, 0.2) is 22.8 Å². The minimum absolute atomic E-state index is 0.217. The van der Waals surface area contributed by atoms with E-state index in [1.807, 2.05) is 30.3 Å². The first kappa shape index (κ1) is 19.1. The van der Waals surface area contributed by atoms with E-state index in [0.717, 1.165) is 34.1 Å². The summed E-state index contributed by atoms with van der Waals surface area (Å²) in [7, 11) is 0. The summed E-state index contributed by atoms with van der Waals surface area (Å²) in [6.45, 7) is 0. The van der Waals surface area contributed by atoms with Gasteiger partial charge in [-0.25, -0.2) is 18.6 Å². The lowest BCUT2D eigenvalue weighted by atomic mass is 10.0. The van der Waals surface area contributed by atoms with Gasteiger partial charge in [0.1, 0.15) is 5.69 Å². The molecule has 0 fully saturated rings. The molecule has 1 atom stereocenters. The number of carboxylic acid groups (broad SMARTS) is 1. The van der Waals surface area contributed by atoms with Gasteiger partial charge in [0.05, 0.1) is 0 Å². The van der Waals surface area contributed by atoms with Crippen LogP contribution in [-0.4, -0.2) is 42.9 Å². The SMILES string of the molecule is O=C(O)C1CSC(n2nc(-c3ccc(F)c(F)c3)c(Cc3ccccc3)c2O)=N1. The number of aliphatic imine (C=N–C) groups is 1. The molecule has 0 saturated heterocycles. The van der Waals surface area contributed by atoms with Crippen LogP contribution >= 0.6 is 11.8 Å². The predicted octanol–water partition coefficient (Wildman–Crippen LogP) is 3.53. The zero-order chi connectivity index (χ0) is 20.5. The fraction of sp³-hybridized carbons (Fsp3) is 0.150. The normalized spacial score (nSPS) is 16.1. The molecule has 0 aliphatic carbocycles. The Kier molecular flexibility index (Phi) is 5.06. The van der Waals surface area contributed by atoms with Crippen molar-refractivity contribution >= 4 is 22.9 Å². The van der Waals surface area contributed by atoms with Crippen LogP contribution in [0.3, 0.4) is 0 Å². The number of aromatic hydroxyl groups is 1. The fourth-order valence-electron chi connectivity index (χ4n) is 3.02. The van der Waals surface area contributed by atoms with E-state index in [2.05, 4.69) is 10.1 Å². The average Bonchev–Trinajstić information content (AvgIpc) is 3.31. The second-order valence-electron chi connectivity index (χ2n) is 6.43. The molecule has 2 N–H and O–H groups in total. The largest absolute Gasteiger partial charge is 0.493 e. The molecule has 0 saturated carbocycles. The Bertz CT molecular complexity index is 1120. The molecule has 9 heteroatoms. The molecule has 0 amide bonds. The number of aliphatic carboxylic acids is 1. The molecule has 6 nitrogen and oxygen atoms in total. The standard InChI is InChI=1S/C20H15F2N3O3S/c21-14-7-6-12(9-15(14)22)17-13(8-11-4-2-1-3-5-11)18(26)25(24-17)20-23-16(10-29-20)19(27)28/h1-7,9,16,26H,8,10H2,(H,27,28). The van der Waals surface area contributed by atoms with Crippen molar-refractivity contribution in [2.24, 2.45) is 4.99 Å². The van der Waals surface area contributed by atoms with Crippen molar-refractivity contribution in [1.29, 1.82) is 0 Å². The lowest BCUT2D eigenvalue weighted by Crippen LogP contribution is -2.17. The van der Waals surface area contributed by atoms with E-state index in [1.54, 1.807) is 0 Å². The van der Waals surface area contributed by atoms with E-state index in [1.165, 1.54) is 6.07 Å². The van der Waals surface area contributed by atoms with Gasteiger partial charge in [-0.1, -0.05) is 42.1 Å². The molecule has 1 aliphatic heterocycles. The first-order valence-electron chi connectivity index (χ1n) is 8.68. The molecule has 0 bridgehead atoms. The number of hydrogen-bond acceptors (Lipinski definition) is 5. The van der Waals surface area contributed by atoms with Gasteiger partial charge in [-0.15, -0.1) is 0 Å². The number of rotatable bonds is 4.